The van der Waals surface area contributed by atoms with Crippen LogP contribution in [0.25, 0.3) is 0 Å². The minimum atomic E-state index is -1.07. The van der Waals surface area contributed by atoms with Gasteiger partial charge in [-0.2, -0.15) is 0 Å². The maximum Gasteiger partial charge on any atom is 0.305 e. The van der Waals surface area contributed by atoms with Gasteiger partial charge in [0.2, 0.25) is 0 Å². The second kappa shape index (κ2) is 5.44. The molecule has 0 aliphatic heterocycles. The summed E-state index contributed by atoms with van der Waals surface area (Å²) in [5.74, 6) is -0.999. The van der Waals surface area contributed by atoms with E-state index in [-0.39, 0.29) is 16.5 Å². The molecular formula is C11H12Cl3NO2. The van der Waals surface area contributed by atoms with E-state index < -0.39 is 11.5 Å². The van der Waals surface area contributed by atoms with Crippen LogP contribution in [0, 0.1) is 0 Å². The van der Waals surface area contributed by atoms with Crippen LogP contribution in [-0.4, -0.2) is 11.1 Å². The lowest BCUT2D eigenvalue weighted by atomic mass is 9.85. The fraction of sp³-hybridized carbons (Fsp3) is 0.364. The Balaban J connectivity index is 3.33. The summed E-state index contributed by atoms with van der Waals surface area (Å²) < 4.78 is 0. The highest BCUT2D eigenvalue weighted by Gasteiger charge is 2.31. The van der Waals surface area contributed by atoms with E-state index in [4.69, 9.17) is 45.6 Å². The smallest absolute Gasteiger partial charge is 0.305 e. The number of aliphatic carboxylic acids is 1. The molecule has 1 atom stereocenters. The van der Waals surface area contributed by atoms with Gasteiger partial charge in [-0.1, -0.05) is 41.7 Å². The first-order chi connectivity index (χ1) is 7.80. The minimum Gasteiger partial charge on any atom is -0.481 e. The number of carbonyl (C=O) groups is 1. The van der Waals surface area contributed by atoms with Gasteiger partial charge in [0.25, 0.3) is 0 Å². The molecule has 6 heteroatoms. The zero-order chi connectivity index (χ0) is 13.2. The third-order valence-corrected chi connectivity index (χ3v) is 3.65. The molecule has 0 aromatic heterocycles. The van der Waals surface area contributed by atoms with Crippen LogP contribution in [0.1, 0.15) is 25.3 Å². The Kier molecular flexibility index (Phi) is 4.67. The van der Waals surface area contributed by atoms with Crippen molar-refractivity contribution in [2.75, 3.05) is 0 Å². The fourth-order valence-electron chi connectivity index (χ4n) is 1.60. The summed E-state index contributed by atoms with van der Waals surface area (Å²) in [4.78, 5) is 10.8. The van der Waals surface area contributed by atoms with Crippen LogP contribution < -0.4 is 5.73 Å². The van der Waals surface area contributed by atoms with Crippen molar-refractivity contribution in [3.8, 4) is 0 Å². The van der Waals surface area contributed by atoms with Gasteiger partial charge in [-0.15, -0.1) is 0 Å². The number of benzene rings is 1. The molecule has 17 heavy (non-hydrogen) atoms. The molecule has 1 aromatic rings. The summed E-state index contributed by atoms with van der Waals surface area (Å²) in [6, 6.07) is 3.05. The molecular weight excluding hydrogens is 284 g/mol. The van der Waals surface area contributed by atoms with Gasteiger partial charge < -0.3 is 10.8 Å². The van der Waals surface area contributed by atoms with Crippen molar-refractivity contribution in [2.24, 2.45) is 5.73 Å². The average Bonchev–Trinajstić information content (AvgIpc) is 2.22. The van der Waals surface area contributed by atoms with Gasteiger partial charge in [-0.25, -0.2) is 0 Å². The lowest BCUT2D eigenvalue weighted by Crippen LogP contribution is -2.38. The number of rotatable bonds is 4. The molecule has 0 radical (unpaired) electrons. The number of halogens is 3. The largest absolute Gasteiger partial charge is 0.481 e. The molecule has 1 unspecified atom stereocenters. The van der Waals surface area contributed by atoms with E-state index in [2.05, 4.69) is 0 Å². The Labute approximate surface area is 114 Å². The normalized spacial score (nSPS) is 14.4. The van der Waals surface area contributed by atoms with Gasteiger partial charge in [0.15, 0.2) is 0 Å². The highest BCUT2D eigenvalue weighted by molar-refractivity contribution is 6.43. The molecule has 3 nitrogen and oxygen atoms in total. The van der Waals surface area contributed by atoms with Crippen LogP contribution in [0.5, 0.6) is 0 Å². The lowest BCUT2D eigenvalue weighted by Gasteiger charge is -2.28. The van der Waals surface area contributed by atoms with Gasteiger partial charge in [0, 0.05) is 5.02 Å². The van der Waals surface area contributed by atoms with Crippen molar-refractivity contribution in [3.63, 3.8) is 0 Å². The Morgan fingerprint density at radius 1 is 1.41 bits per heavy atom. The predicted molar refractivity (Wildman–Crippen MR) is 69.9 cm³/mol. The number of carboxylic acid groups (broad SMARTS) is 1. The first kappa shape index (κ1) is 14.6. The Morgan fingerprint density at radius 2 is 2.00 bits per heavy atom. The van der Waals surface area contributed by atoms with Crippen LogP contribution in [-0.2, 0) is 10.3 Å². The molecule has 0 saturated heterocycles. The summed E-state index contributed by atoms with van der Waals surface area (Å²) in [6.07, 6.45) is 0.176. The van der Waals surface area contributed by atoms with E-state index >= 15 is 0 Å². The third kappa shape index (κ3) is 3.26. The minimum absolute atomic E-state index is 0.236. The topological polar surface area (TPSA) is 63.3 Å². The first-order valence-corrected chi connectivity index (χ1v) is 6.09. The number of hydrogen-bond donors (Lipinski definition) is 2. The maximum absolute atomic E-state index is 10.8. The van der Waals surface area contributed by atoms with E-state index in [9.17, 15) is 4.79 Å². The molecule has 1 rings (SSSR count). The molecule has 94 valence electrons. The van der Waals surface area contributed by atoms with Crippen molar-refractivity contribution in [3.05, 3.63) is 32.8 Å². The predicted octanol–water partition coefficient (Wildman–Crippen LogP) is 3.69. The van der Waals surface area contributed by atoms with E-state index in [0.717, 1.165) is 0 Å². The lowest BCUT2D eigenvalue weighted by molar-refractivity contribution is -0.138. The summed E-state index contributed by atoms with van der Waals surface area (Å²) in [7, 11) is 0. The van der Waals surface area contributed by atoms with Gasteiger partial charge >= 0.3 is 5.97 Å². The van der Waals surface area contributed by atoms with Crippen LogP contribution >= 0.6 is 34.8 Å². The highest BCUT2D eigenvalue weighted by atomic mass is 35.5. The maximum atomic E-state index is 10.8. The number of carboxylic acids is 1. The van der Waals surface area contributed by atoms with Crippen molar-refractivity contribution in [1.82, 2.24) is 0 Å². The fourth-order valence-corrected chi connectivity index (χ4v) is 2.39. The molecule has 0 fully saturated rings. The van der Waals surface area contributed by atoms with E-state index in [0.29, 0.717) is 17.0 Å². The Bertz CT molecular complexity index is 451. The zero-order valence-electron chi connectivity index (χ0n) is 9.14. The Hall–Kier alpha value is -0.480. The van der Waals surface area contributed by atoms with E-state index in [1.807, 2.05) is 0 Å². The molecule has 0 aliphatic carbocycles. The number of nitrogens with two attached hydrogens (primary N) is 1. The summed E-state index contributed by atoms with van der Waals surface area (Å²) in [5.41, 5.74) is 5.46. The van der Waals surface area contributed by atoms with Gasteiger partial charge in [-0.3, -0.25) is 4.79 Å². The van der Waals surface area contributed by atoms with Crippen molar-refractivity contribution >= 4 is 40.8 Å². The van der Waals surface area contributed by atoms with Crippen molar-refractivity contribution < 1.29 is 9.90 Å². The molecule has 0 spiro atoms. The van der Waals surface area contributed by atoms with Gasteiger partial charge in [-0.05, 0) is 24.1 Å². The molecule has 1 aromatic carbocycles. The molecule has 0 aliphatic rings. The molecule has 0 amide bonds. The first-order valence-electron chi connectivity index (χ1n) is 4.96. The number of hydrogen-bond acceptors (Lipinski definition) is 2. The van der Waals surface area contributed by atoms with Crippen molar-refractivity contribution in [1.29, 1.82) is 0 Å². The van der Waals surface area contributed by atoms with Gasteiger partial charge in [0.05, 0.1) is 22.0 Å². The van der Waals surface area contributed by atoms with E-state index in [1.54, 1.807) is 13.0 Å². The molecule has 3 N–H and O–H groups in total. The second-order valence-corrected chi connectivity index (χ2v) is 5.05. The van der Waals surface area contributed by atoms with Gasteiger partial charge in [0.1, 0.15) is 0 Å². The van der Waals surface area contributed by atoms with Crippen LogP contribution in [0.4, 0.5) is 0 Å². The highest BCUT2D eigenvalue weighted by Crippen LogP contribution is 2.38. The standard InChI is InChI=1S/C11H12Cl3NO2/c1-2-11(15,5-9(16)17)7-3-6(12)4-8(13)10(7)14/h3-4H,2,5,15H2,1H3,(H,16,17). The quantitative estimate of drug-likeness (QED) is 0.833. The summed E-state index contributed by atoms with van der Waals surface area (Å²) in [5, 5.41) is 9.78. The van der Waals surface area contributed by atoms with Crippen molar-refractivity contribution in [2.45, 2.75) is 25.3 Å². The molecule has 0 saturated carbocycles. The Morgan fingerprint density at radius 3 is 2.47 bits per heavy atom. The van der Waals surface area contributed by atoms with Crippen LogP contribution in [0.2, 0.25) is 15.1 Å². The van der Waals surface area contributed by atoms with Crippen LogP contribution in [0.15, 0.2) is 12.1 Å². The van der Waals surface area contributed by atoms with Crippen LogP contribution in [0.3, 0.4) is 0 Å². The SMILES string of the molecule is CCC(N)(CC(=O)O)c1cc(Cl)cc(Cl)c1Cl. The molecule has 0 bridgehead atoms. The molecule has 0 heterocycles. The summed E-state index contributed by atoms with van der Waals surface area (Å²) in [6.45, 7) is 1.79. The summed E-state index contributed by atoms with van der Waals surface area (Å²) >= 11 is 17.8. The average molecular weight is 297 g/mol. The zero-order valence-corrected chi connectivity index (χ0v) is 11.4. The van der Waals surface area contributed by atoms with E-state index in [1.165, 1.54) is 6.07 Å². The monoisotopic (exact) mass is 295 g/mol. The third-order valence-electron chi connectivity index (χ3n) is 2.63. The second-order valence-electron chi connectivity index (χ2n) is 3.83.